The molecule has 0 aromatic heterocycles. The van der Waals surface area contributed by atoms with Crippen molar-refractivity contribution in [2.75, 3.05) is 6.61 Å². The molecule has 0 aliphatic rings. The first-order chi connectivity index (χ1) is 5.79. The molecule has 1 aromatic carbocycles. The molecule has 0 amide bonds. The Morgan fingerprint density at radius 1 is 1.33 bits per heavy atom. The molecule has 2 heteroatoms. The van der Waals surface area contributed by atoms with Crippen molar-refractivity contribution in [3.63, 3.8) is 0 Å². The maximum absolute atomic E-state index is 13.1. The van der Waals surface area contributed by atoms with Crippen LogP contribution in [-0.2, 0) is 6.42 Å². The molecule has 0 saturated heterocycles. The molecular formula is C10H13FO. The van der Waals surface area contributed by atoms with Gasteiger partial charge in [0.15, 0.2) is 11.6 Å². The monoisotopic (exact) mass is 168 g/mol. The number of rotatable bonds is 3. The van der Waals surface area contributed by atoms with Gasteiger partial charge < -0.3 is 4.74 Å². The highest BCUT2D eigenvalue weighted by atomic mass is 19.1. The quantitative estimate of drug-likeness (QED) is 0.674. The molecule has 12 heavy (non-hydrogen) atoms. The molecule has 0 unspecified atom stereocenters. The second-order valence-electron chi connectivity index (χ2n) is 2.51. The van der Waals surface area contributed by atoms with Gasteiger partial charge in [-0.3, -0.25) is 0 Å². The summed E-state index contributed by atoms with van der Waals surface area (Å²) in [5.41, 5.74) is 0.928. The van der Waals surface area contributed by atoms with E-state index < -0.39 is 0 Å². The van der Waals surface area contributed by atoms with E-state index in [2.05, 4.69) is 0 Å². The van der Waals surface area contributed by atoms with Gasteiger partial charge in [0.25, 0.3) is 0 Å². The van der Waals surface area contributed by atoms with Crippen LogP contribution in [0.2, 0.25) is 0 Å². The first kappa shape index (κ1) is 9.04. The minimum Gasteiger partial charge on any atom is -0.491 e. The summed E-state index contributed by atoms with van der Waals surface area (Å²) in [7, 11) is 0. The molecule has 66 valence electrons. The van der Waals surface area contributed by atoms with Crippen LogP contribution in [0.4, 0.5) is 4.39 Å². The van der Waals surface area contributed by atoms with Crippen LogP contribution in [0.1, 0.15) is 19.4 Å². The van der Waals surface area contributed by atoms with Crippen LogP contribution in [0, 0.1) is 5.82 Å². The average molecular weight is 168 g/mol. The fraction of sp³-hybridized carbons (Fsp3) is 0.400. The normalized spacial score (nSPS) is 9.92. The minimum atomic E-state index is -0.267. The maximum Gasteiger partial charge on any atom is 0.165 e. The second kappa shape index (κ2) is 4.10. The van der Waals surface area contributed by atoms with Gasteiger partial charge in [0.05, 0.1) is 6.61 Å². The van der Waals surface area contributed by atoms with Gasteiger partial charge in [-0.05, 0) is 25.0 Å². The molecule has 0 N–H and O–H groups in total. The zero-order chi connectivity index (χ0) is 8.97. The maximum atomic E-state index is 13.1. The molecule has 0 radical (unpaired) electrons. The Kier molecular flexibility index (Phi) is 3.09. The smallest absolute Gasteiger partial charge is 0.165 e. The molecule has 0 saturated carbocycles. The number of aryl methyl sites for hydroxylation is 1. The standard InChI is InChI=1S/C10H13FO/c1-3-8-6-5-7-9(11)10(8)12-4-2/h5-7H,3-4H2,1-2H3. The predicted molar refractivity (Wildman–Crippen MR) is 46.9 cm³/mol. The van der Waals surface area contributed by atoms with E-state index in [4.69, 9.17) is 4.74 Å². The van der Waals surface area contributed by atoms with E-state index in [0.717, 1.165) is 12.0 Å². The molecule has 0 bridgehead atoms. The van der Waals surface area contributed by atoms with E-state index in [0.29, 0.717) is 12.4 Å². The van der Waals surface area contributed by atoms with Crippen LogP contribution in [-0.4, -0.2) is 6.61 Å². The number of ether oxygens (including phenoxy) is 1. The van der Waals surface area contributed by atoms with Crippen LogP contribution in [0.3, 0.4) is 0 Å². The van der Waals surface area contributed by atoms with Crippen molar-refractivity contribution in [2.45, 2.75) is 20.3 Å². The van der Waals surface area contributed by atoms with Crippen LogP contribution in [0.15, 0.2) is 18.2 Å². The lowest BCUT2D eigenvalue weighted by Gasteiger charge is -2.08. The Hall–Kier alpha value is -1.05. The minimum absolute atomic E-state index is 0.267. The van der Waals surface area contributed by atoms with Gasteiger partial charge in [0, 0.05) is 0 Å². The lowest BCUT2D eigenvalue weighted by Crippen LogP contribution is -1.98. The van der Waals surface area contributed by atoms with E-state index in [1.807, 2.05) is 19.9 Å². The molecule has 1 rings (SSSR count). The summed E-state index contributed by atoms with van der Waals surface area (Å²) in [5, 5.41) is 0. The van der Waals surface area contributed by atoms with Crippen molar-refractivity contribution in [1.82, 2.24) is 0 Å². The van der Waals surface area contributed by atoms with Gasteiger partial charge in [-0.15, -0.1) is 0 Å². The van der Waals surface area contributed by atoms with Crippen molar-refractivity contribution in [2.24, 2.45) is 0 Å². The lowest BCUT2D eigenvalue weighted by atomic mass is 10.1. The average Bonchev–Trinajstić information content (AvgIpc) is 2.09. The molecular weight excluding hydrogens is 155 g/mol. The van der Waals surface area contributed by atoms with Crippen molar-refractivity contribution in [3.05, 3.63) is 29.6 Å². The first-order valence-electron chi connectivity index (χ1n) is 4.19. The SMILES string of the molecule is CCOc1c(F)cccc1CC. The Morgan fingerprint density at radius 2 is 2.08 bits per heavy atom. The van der Waals surface area contributed by atoms with E-state index >= 15 is 0 Å². The van der Waals surface area contributed by atoms with Gasteiger partial charge in [-0.2, -0.15) is 0 Å². The molecule has 0 fully saturated rings. The molecule has 0 atom stereocenters. The number of para-hydroxylation sites is 1. The summed E-state index contributed by atoms with van der Waals surface area (Å²) in [5.74, 6) is 0.138. The van der Waals surface area contributed by atoms with Crippen molar-refractivity contribution in [1.29, 1.82) is 0 Å². The predicted octanol–water partition coefficient (Wildman–Crippen LogP) is 2.79. The second-order valence-corrected chi connectivity index (χ2v) is 2.51. The highest BCUT2D eigenvalue weighted by molar-refractivity contribution is 5.34. The van der Waals surface area contributed by atoms with Crippen molar-refractivity contribution >= 4 is 0 Å². The highest BCUT2D eigenvalue weighted by Gasteiger charge is 2.06. The van der Waals surface area contributed by atoms with Gasteiger partial charge >= 0.3 is 0 Å². The summed E-state index contributed by atoms with van der Waals surface area (Å²) >= 11 is 0. The Morgan fingerprint density at radius 3 is 2.67 bits per heavy atom. The van der Waals surface area contributed by atoms with E-state index in [9.17, 15) is 4.39 Å². The molecule has 0 aliphatic heterocycles. The highest BCUT2D eigenvalue weighted by Crippen LogP contribution is 2.22. The Balaban J connectivity index is 3.02. The van der Waals surface area contributed by atoms with E-state index in [1.165, 1.54) is 6.07 Å². The number of hydrogen-bond donors (Lipinski definition) is 0. The zero-order valence-corrected chi connectivity index (χ0v) is 7.43. The topological polar surface area (TPSA) is 9.23 Å². The van der Waals surface area contributed by atoms with E-state index in [-0.39, 0.29) is 5.82 Å². The van der Waals surface area contributed by atoms with E-state index in [1.54, 1.807) is 6.07 Å². The third kappa shape index (κ3) is 1.76. The van der Waals surface area contributed by atoms with Crippen molar-refractivity contribution < 1.29 is 9.13 Å². The van der Waals surface area contributed by atoms with Crippen LogP contribution < -0.4 is 4.74 Å². The summed E-state index contributed by atoms with van der Waals surface area (Å²) in [6, 6.07) is 5.01. The van der Waals surface area contributed by atoms with Gasteiger partial charge in [0.2, 0.25) is 0 Å². The summed E-state index contributed by atoms with van der Waals surface area (Å²) in [4.78, 5) is 0. The van der Waals surface area contributed by atoms with Crippen LogP contribution in [0.5, 0.6) is 5.75 Å². The first-order valence-corrected chi connectivity index (χ1v) is 4.19. The van der Waals surface area contributed by atoms with Gasteiger partial charge in [0.1, 0.15) is 0 Å². The lowest BCUT2D eigenvalue weighted by molar-refractivity contribution is 0.318. The van der Waals surface area contributed by atoms with Crippen LogP contribution >= 0.6 is 0 Å². The third-order valence-corrected chi connectivity index (χ3v) is 1.72. The fourth-order valence-electron chi connectivity index (χ4n) is 1.14. The molecule has 0 spiro atoms. The molecule has 1 nitrogen and oxygen atoms in total. The number of benzene rings is 1. The summed E-state index contributed by atoms with van der Waals surface area (Å²) in [6.07, 6.45) is 0.799. The van der Waals surface area contributed by atoms with Gasteiger partial charge in [-0.25, -0.2) is 4.39 Å². The third-order valence-electron chi connectivity index (χ3n) is 1.72. The Labute approximate surface area is 72.2 Å². The number of hydrogen-bond acceptors (Lipinski definition) is 1. The zero-order valence-electron chi connectivity index (χ0n) is 7.43. The van der Waals surface area contributed by atoms with Gasteiger partial charge in [-0.1, -0.05) is 19.1 Å². The number of halogens is 1. The van der Waals surface area contributed by atoms with Crippen molar-refractivity contribution in [3.8, 4) is 5.75 Å². The molecule has 0 aliphatic carbocycles. The summed E-state index contributed by atoms with van der Waals surface area (Å²) < 4.78 is 18.3. The fourth-order valence-corrected chi connectivity index (χ4v) is 1.14. The molecule has 1 aromatic rings. The van der Waals surface area contributed by atoms with Crippen LogP contribution in [0.25, 0.3) is 0 Å². The Bertz CT molecular complexity index is 258. The largest absolute Gasteiger partial charge is 0.491 e. The summed E-state index contributed by atoms with van der Waals surface area (Å²) in [6.45, 7) is 4.34. The molecule has 0 heterocycles.